The minimum absolute atomic E-state index is 0.301. The maximum Gasteiger partial charge on any atom is 0.255 e. The van der Waals surface area contributed by atoms with E-state index in [1.807, 2.05) is 19.1 Å². The summed E-state index contributed by atoms with van der Waals surface area (Å²) in [4.78, 5) is 15.1. The zero-order chi connectivity index (χ0) is 21.0. The summed E-state index contributed by atoms with van der Waals surface area (Å²) in [5, 5.41) is 6.60. The quantitative estimate of drug-likeness (QED) is 0.552. The molecule has 1 aliphatic heterocycles. The Hall–Kier alpha value is -3.19. The van der Waals surface area contributed by atoms with Gasteiger partial charge in [-0.3, -0.25) is 4.79 Å². The van der Waals surface area contributed by atoms with Gasteiger partial charge in [0, 0.05) is 12.2 Å². The number of para-hydroxylation sites is 2. The van der Waals surface area contributed by atoms with Crippen LogP contribution in [-0.2, 0) is 4.79 Å². The maximum absolute atomic E-state index is 13.4. The van der Waals surface area contributed by atoms with Crippen LogP contribution in [0.5, 0.6) is 5.75 Å². The second-order valence-corrected chi connectivity index (χ2v) is 6.87. The van der Waals surface area contributed by atoms with Gasteiger partial charge in [-0.1, -0.05) is 30.3 Å². The van der Waals surface area contributed by atoms with Crippen molar-refractivity contribution in [1.82, 2.24) is 10.2 Å². The van der Waals surface area contributed by atoms with E-state index in [-0.39, 0.29) is 11.7 Å². The van der Waals surface area contributed by atoms with Gasteiger partial charge in [0.15, 0.2) is 5.11 Å². The molecule has 0 aromatic heterocycles. The molecule has 7 heteroatoms. The molecule has 150 valence electrons. The lowest BCUT2D eigenvalue weighted by atomic mass is 9.94. The molecule has 1 aliphatic rings. The number of benzene rings is 2. The molecule has 0 radical (unpaired) electrons. The summed E-state index contributed by atoms with van der Waals surface area (Å²) in [6.07, 6.45) is 1.71. The Balaban J connectivity index is 2.04. The van der Waals surface area contributed by atoms with Crippen LogP contribution in [0.3, 0.4) is 0 Å². The third-order valence-electron chi connectivity index (χ3n) is 4.71. The van der Waals surface area contributed by atoms with Crippen molar-refractivity contribution in [2.75, 3.05) is 19.0 Å². The highest BCUT2D eigenvalue weighted by molar-refractivity contribution is 7.80. The minimum atomic E-state index is -0.515. The Bertz CT molecular complexity index is 972. The van der Waals surface area contributed by atoms with E-state index < -0.39 is 6.04 Å². The first-order chi connectivity index (χ1) is 14.0. The van der Waals surface area contributed by atoms with Gasteiger partial charge >= 0.3 is 0 Å². The van der Waals surface area contributed by atoms with Gasteiger partial charge in [-0.15, -0.1) is 6.58 Å². The Labute approximate surface area is 174 Å². The summed E-state index contributed by atoms with van der Waals surface area (Å²) in [6, 6.07) is 12.7. The summed E-state index contributed by atoms with van der Waals surface area (Å²) in [5.41, 5.74) is 2.48. The van der Waals surface area contributed by atoms with Gasteiger partial charge in [0.25, 0.3) is 5.91 Å². The van der Waals surface area contributed by atoms with Crippen LogP contribution < -0.4 is 15.4 Å². The van der Waals surface area contributed by atoms with Crippen molar-refractivity contribution in [2.24, 2.45) is 0 Å². The summed E-state index contributed by atoms with van der Waals surface area (Å²) >= 11 is 5.49. The number of nitrogens with zero attached hydrogens (tertiary/aromatic N) is 1. The van der Waals surface area contributed by atoms with Crippen LogP contribution >= 0.6 is 12.2 Å². The van der Waals surface area contributed by atoms with Gasteiger partial charge in [0.2, 0.25) is 0 Å². The molecule has 0 saturated carbocycles. The first-order valence-corrected chi connectivity index (χ1v) is 9.46. The molecule has 0 unspecified atom stereocenters. The number of carbonyl (C=O) groups excluding carboxylic acids is 1. The highest BCUT2D eigenvalue weighted by Crippen LogP contribution is 2.32. The molecule has 0 bridgehead atoms. The number of halogens is 1. The SMILES string of the molecule is C=CCN1C(=S)N[C@H](c2ccc(F)cc2)C(C(=O)Nc2ccccc2OC)=C1C. The number of amides is 1. The number of hydrogen-bond acceptors (Lipinski definition) is 3. The fourth-order valence-electron chi connectivity index (χ4n) is 3.27. The monoisotopic (exact) mass is 411 g/mol. The zero-order valence-electron chi connectivity index (χ0n) is 16.2. The molecular formula is C22H22FN3O2S. The molecule has 2 aromatic rings. The van der Waals surface area contributed by atoms with Crippen LogP contribution in [0.25, 0.3) is 0 Å². The fourth-order valence-corrected chi connectivity index (χ4v) is 3.60. The third-order valence-corrected chi connectivity index (χ3v) is 5.05. The number of carbonyl (C=O) groups is 1. The molecule has 29 heavy (non-hydrogen) atoms. The van der Waals surface area contributed by atoms with Crippen molar-refractivity contribution in [1.29, 1.82) is 0 Å². The molecule has 0 saturated heterocycles. The molecule has 2 N–H and O–H groups in total. The van der Waals surface area contributed by atoms with Gasteiger partial charge in [-0.2, -0.15) is 0 Å². The fraction of sp³-hybridized carbons (Fsp3) is 0.182. The first-order valence-electron chi connectivity index (χ1n) is 9.05. The van der Waals surface area contributed by atoms with Crippen molar-refractivity contribution in [2.45, 2.75) is 13.0 Å². The first kappa shape index (κ1) is 20.5. The predicted molar refractivity (Wildman–Crippen MR) is 116 cm³/mol. The number of nitrogens with one attached hydrogen (secondary N) is 2. The minimum Gasteiger partial charge on any atom is -0.495 e. The summed E-state index contributed by atoms with van der Waals surface area (Å²) < 4.78 is 18.8. The zero-order valence-corrected chi connectivity index (χ0v) is 17.1. The number of anilines is 1. The number of ether oxygens (including phenoxy) is 1. The Morgan fingerprint density at radius 3 is 2.66 bits per heavy atom. The van der Waals surface area contributed by atoms with Crippen LogP contribution in [0, 0.1) is 5.82 Å². The summed E-state index contributed by atoms with van der Waals surface area (Å²) in [6.45, 7) is 6.06. The lowest BCUT2D eigenvalue weighted by Crippen LogP contribution is -2.48. The van der Waals surface area contributed by atoms with E-state index >= 15 is 0 Å². The average Bonchev–Trinajstić information content (AvgIpc) is 2.71. The molecule has 0 spiro atoms. The molecule has 1 heterocycles. The van der Waals surface area contributed by atoms with Gasteiger partial charge in [0.05, 0.1) is 24.4 Å². The lowest BCUT2D eigenvalue weighted by Gasteiger charge is -2.37. The van der Waals surface area contributed by atoms with Crippen molar-refractivity contribution < 1.29 is 13.9 Å². The van der Waals surface area contributed by atoms with Crippen molar-refractivity contribution in [3.05, 3.63) is 83.8 Å². The van der Waals surface area contributed by atoms with E-state index in [0.29, 0.717) is 34.4 Å². The molecule has 0 aliphatic carbocycles. The van der Waals surface area contributed by atoms with E-state index in [0.717, 1.165) is 5.56 Å². The molecule has 0 fully saturated rings. The van der Waals surface area contributed by atoms with Crippen LogP contribution in [-0.4, -0.2) is 29.6 Å². The van der Waals surface area contributed by atoms with Crippen LogP contribution in [0.4, 0.5) is 10.1 Å². The highest BCUT2D eigenvalue weighted by Gasteiger charge is 2.33. The molecule has 1 atom stereocenters. The standard InChI is InChI=1S/C22H22FN3O2S/c1-4-13-26-14(2)19(21(27)24-17-7-5-6-8-18(17)28-3)20(25-22(26)29)15-9-11-16(23)12-10-15/h4-12,20H,1,13H2,2-3H3,(H,24,27)(H,25,29)/t20-/m1/s1. The van der Waals surface area contributed by atoms with Gasteiger partial charge in [-0.05, 0) is 49.0 Å². The second kappa shape index (κ2) is 8.87. The van der Waals surface area contributed by atoms with Crippen molar-refractivity contribution in [3.8, 4) is 5.75 Å². The van der Waals surface area contributed by atoms with Gasteiger partial charge < -0.3 is 20.3 Å². The van der Waals surface area contributed by atoms with E-state index in [2.05, 4.69) is 17.2 Å². The largest absolute Gasteiger partial charge is 0.495 e. The second-order valence-electron chi connectivity index (χ2n) is 6.49. The Morgan fingerprint density at radius 1 is 1.31 bits per heavy atom. The van der Waals surface area contributed by atoms with E-state index in [1.165, 1.54) is 12.1 Å². The van der Waals surface area contributed by atoms with Crippen molar-refractivity contribution >= 4 is 28.9 Å². The highest BCUT2D eigenvalue weighted by atomic mass is 32.1. The number of allylic oxidation sites excluding steroid dienone is 1. The van der Waals surface area contributed by atoms with E-state index in [4.69, 9.17) is 17.0 Å². The van der Waals surface area contributed by atoms with Crippen LogP contribution in [0.15, 0.2) is 72.5 Å². The number of hydrogen-bond donors (Lipinski definition) is 2. The lowest BCUT2D eigenvalue weighted by molar-refractivity contribution is -0.113. The van der Waals surface area contributed by atoms with Crippen LogP contribution in [0.2, 0.25) is 0 Å². The molecule has 5 nitrogen and oxygen atoms in total. The average molecular weight is 412 g/mol. The molecular weight excluding hydrogens is 389 g/mol. The topological polar surface area (TPSA) is 53.6 Å². The molecule has 1 amide bonds. The van der Waals surface area contributed by atoms with Gasteiger partial charge in [-0.25, -0.2) is 4.39 Å². The van der Waals surface area contributed by atoms with Gasteiger partial charge in [0.1, 0.15) is 11.6 Å². The Morgan fingerprint density at radius 2 is 2.00 bits per heavy atom. The summed E-state index contributed by atoms with van der Waals surface area (Å²) in [7, 11) is 1.54. The molecule has 3 rings (SSSR count). The number of thiocarbonyl (C=S) groups is 1. The third kappa shape index (κ3) is 4.30. The van der Waals surface area contributed by atoms with E-state index in [9.17, 15) is 9.18 Å². The smallest absolute Gasteiger partial charge is 0.255 e. The normalized spacial score (nSPS) is 16.3. The maximum atomic E-state index is 13.4. The number of methoxy groups -OCH3 is 1. The predicted octanol–water partition coefficient (Wildman–Crippen LogP) is 4.16. The van der Waals surface area contributed by atoms with E-state index in [1.54, 1.807) is 42.4 Å². The molecule has 2 aromatic carbocycles. The van der Waals surface area contributed by atoms with Crippen molar-refractivity contribution in [3.63, 3.8) is 0 Å². The Kier molecular flexibility index (Phi) is 6.29. The van der Waals surface area contributed by atoms with Crippen LogP contribution in [0.1, 0.15) is 18.5 Å². The number of rotatable bonds is 6. The summed E-state index contributed by atoms with van der Waals surface area (Å²) in [5.74, 6) is -0.0915.